The van der Waals surface area contributed by atoms with Gasteiger partial charge in [0, 0.05) is 6.04 Å². The minimum Gasteiger partial charge on any atom is -0.494 e. The number of benzene rings is 2. The Morgan fingerprint density at radius 2 is 1.96 bits per heavy atom. The highest BCUT2D eigenvalue weighted by Gasteiger charge is 2.32. The van der Waals surface area contributed by atoms with E-state index in [4.69, 9.17) is 4.74 Å². The monoisotopic (exact) mass is 379 g/mol. The second-order valence-electron chi connectivity index (χ2n) is 7.70. The molecule has 1 aliphatic carbocycles. The third-order valence-electron chi connectivity index (χ3n) is 5.72. The van der Waals surface area contributed by atoms with Crippen LogP contribution in [0.3, 0.4) is 0 Å². The first kappa shape index (κ1) is 19.0. The molecule has 148 valence electrons. The quantitative estimate of drug-likeness (QED) is 0.644. The van der Waals surface area contributed by atoms with Crippen LogP contribution in [0.1, 0.15) is 61.4 Å². The van der Waals surface area contributed by atoms with Crippen LogP contribution in [0.25, 0.3) is 0 Å². The van der Waals surface area contributed by atoms with E-state index in [0.29, 0.717) is 0 Å². The number of aryl methyl sites for hydroxylation is 1. The molecular weight excluding hydrogens is 350 g/mol. The smallest absolute Gasteiger partial charge is 0.239 e. The first-order valence-electron chi connectivity index (χ1n) is 10.4. The Morgan fingerprint density at radius 3 is 2.79 bits per heavy atom. The minimum absolute atomic E-state index is 0.0659. The van der Waals surface area contributed by atoms with E-state index in [1.165, 1.54) is 11.1 Å². The molecule has 3 N–H and O–H groups in total. The number of fused-ring (bicyclic) bond motifs is 1. The maximum atomic E-state index is 12.8. The number of hydrogen-bond donors (Lipinski definition) is 3. The molecule has 1 heterocycles. The summed E-state index contributed by atoms with van der Waals surface area (Å²) in [6, 6.07) is 16.6. The molecule has 0 saturated carbocycles. The van der Waals surface area contributed by atoms with Gasteiger partial charge in [0.15, 0.2) is 0 Å². The van der Waals surface area contributed by atoms with Crippen LogP contribution in [0.5, 0.6) is 5.75 Å². The van der Waals surface area contributed by atoms with Crippen LogP contribution in [0.2, 0.25) is 0 Å². The van der Waals surface area contributed by atoms with Gasteiger partial charge in [-0.25, -0.2) is 10.9 Å². The standard InChI is InChI=1S/C23H29N3O2/c1-2-3-14-28-18-11-8-17(9-12-18)21-15-22(26-25-21)23(27)24-20-13-10-16-6-4-5-7-19(16)20/h4-9,11-12,20-22,25-26H,2-3,10,13-15H2,1H3,(H,24,27). The van der Waals surface area contributed by atoms with Crippen LogP contribution in [0.4, 0.5) is 0 Å². The molecule has 2 aromatic rings. The molecule has 5 heteroatoms. The Morgan fingerprint density at radius 1 is 1.14 bits per heavy atom. The molecule has 0 radical (unpaired) electrons. The van der Waals surface area contributed by atoms with Crippen LogP contribution >= 0.6 is 0 Å². The van der Waals surface area contributed by atoms with Gasteiger partial charge in [0.1, 0.15) is 11.8 Å². The van der Waals surface area contributed by atoms with Crippen LogP contribution in [-0.2, 0) is 11.2 Å². The van der Waals surface area contributed by atoms with Crippen LogP contribution < -0.4 is 20.9 Å². The normalized spacial score (nSPS) is 23.4. The van der Waals surface area contributed by atoms with Gasteiger partial charge in [-0.2, -0.15) is 0 Å². The van der Waals surface area contributed by atoms with E-state index >= 15 is 0 Å². The molecular formula is C23H29N3O2. The number of carbonyl (C=O) groups excluding carboxylic acids is 1. The maximum absolute atomic E-state index is 12.8. The van der Waals surface area contributed by atoms with E-state index in [1.807, 2.05) is 18.2 Å². The molecule has 2 aliphatic rings. The lowest BCUT2D eigenvalue weighted by molar-refractivity contribution is -0.123. The number of carbonyl (C=O) groups is 1. The van der Waals surface area contributed by atoms with Crippen molar-refractivity contribution in [3.05, 3.63) is 65.2 Å². The minimum atomic E-state index is -0.224. The molecule has 1 fully saturated rings. The highest BCUT2D eigenvalue weighted by Crippen LogP contribution is 2.31. The average Bonchev–Trinajstić information content (AvgIpc) is 3.37. The molecule has 1 amide bonds. The van der Waals surface area contributed by atoms with Gasteiger partial charge in [-0.15, -0.1) is 0 Å². The zero-order valence-electron chi connectivity index (χ0n) is 16.4. The highest BCUT2D eigenvalue weighted by atomic mass is 16.5. The molecule has 0 aromatic heterocycles. The number of ether oxygens (including phenoxy) is 1. The van der Waals surface area contributed by atoms with Crippen LogP contribution in [0.15, 0.2) is 48.5 Å². The Kier molecular flexibility index (Phi) is 5.93. The Bertz CT molecular complexity index is 806. The van der Waals surface area contributed by atoms with Crippen molar-refractivity contribution in [2.75, 3.05) is 6.61 Å². The molecule has 3 unspecified atom stereocenters. The van der Waals surface area contributed by atoms with Crippen LogP contribution in [0, 0.1) is 0 Å². The number of hydrazine groups is 1. The Labute approximate surface area is 166 Å². The summed E-state index contributed by atoms with van der Waals surface area (Å²) < 4.78 is 5.73. The molecule has 28 heavy (non-hydrogen) atoms. The second-order valence-corrected chi connectivity index (χ2v) is 7.70. The Balaban J connectivity index is 1.31. The van der Waals surface area contributed by atoms with E-state index in [0.717, 1.165) is 50.0 Å². The SMILES string of the molecule is CCCCOc1ccc(C2CC(C(=O)NC3CCc4ccccc43)NN2)cc1. The summed E-state index contributed by atoms with van der Waals surface area (Å²) in [6.45, 7) is 2.91. The zero-order chi connectivity index (χ0) is 19.3. The van der Waals surface area contributed by atoms with Crippen molar-refractivity contribution < 1.29 is 9.53 Å². The average molecular weight is 380 g/mol. The van der Waals surface area contributed by atoms with E-state index in [2.05, 4.69) is 53.4 Å². The lowest BCUT2D eigenvalue weighted by Crippen LogP contribution is -2.44. The topological polar surface area (TPSA) is 62.4 Å². The van der Waals surface area contributed by atoms with Gasteiger partial charge in [0.2, 0.25) is 5.91 Å². The van der Waals surface area contributed by atoms with Crippen molar-refractivity contribution in [2.24, 2.45) is 0 Å². The summed E-state index contributed by atoms with van der Waals surface area (Å²) in [5.74, 6) is 0.966. The summed E-state index contributed by atoms with van der Waals surface area (Å²) in [6.07, 6.45) is 4.95. The fraction of sp³-hybridized carbons (Fsp3) is 0.435. The number of rotatable bonds is 7. The largest absolute Gasteiger partial charge is 0.494 e. The summed E-state index contributed by atoms with van der Waals surface area (Å²) in [5, 5.41) is 3.23. The van der Waals surface area contributed by atoms with Gasteiger partial charge < -0.3 is 10.1 Å². The molecule has 1 saturated heterocycles. The van der Waals surface area contributed by atoms with Gasteiger partial charge in [0.05, 0.1) is 12.6 Å². The summed E-state index contributed by atoms with van der Waals surface area (Å²) >= 11 is 0. The molecule has 0 spiro atoms. The van der Waals surface area contributed by atoms with Crippen molar-refractivity contribution in [3.8, 4) is 5.75 Å². The van der Waals surface area contributed by atoms with Crippen molar-refractivity contribution in [1.29, 1.82) is 0 Å². The Hall–Kier alpha value is -2.37. The first-order valence-corrected chi connectivity index (χ1v) is 10.4. The number of hydrogen-bond acceptors (Lipinski definition) is 4. The van der Waals surface area contributed by atoms with Gasteiger partial charge in [0.25, 0.3) is 0 Å². The molecule has 5 nitrogen and oxygen atoms in total. The van der Waals surface area contributed by atoms with E-state index < -0.39 is 0 Å². The fourth-order valence-corrected chi connectivity index (χ4v) is 4.06. The van der Waals surface area contributed by atoms with Crippen molar-refractivity contribution in [1.82, 2.24) is 16.2 Å². The predicted octanol–water partition coefficient (Wildman–Crippen LogP) is 3.58. The maximum Gasteiger partial charge on any atom is 0.239 e. The zero-order valence-corrected chi connectivity index (χ0v) is 16.4. The third kappa shape index (κ3) is 4.21. The molecule has 1 aliphatic heterocycles. The van der Waals surface area contributed by atoms with Gasteiger partial charge in [-0.1, -0.05) is 49.7 Å². The summed E-state index contributed by atoms with van der Waals surface area (Å²) in [7, 11) is 0. The number of unbranched alkanes of at least 4 members (excludes halogenated alkanes) is 1. The van der Waals surface area contributed by atoms with Gasteiger partial charge >= 0.3 is 0 Å². The second kappa shape index (κ2) is 8.76. The van der Waals surface area contributed by atoms with Crippen LogP contribution in [-0.4, -0.2) is 18.6 Å². The first-order chi connectivity index (χ1) is 13.7. The molecule has 3 atom stereocenters. The molecule has 4 rings (SSSR count). The molecule has 2 aromatic carbocycles. The van der Waals surface area contributed by atoms with Crippen molar-refractivity contribution in [3.63, 3.8) is 0 Å². The van der Waals surface area contributed by atoms with Gasteiger partial charge in [-0.3, -0.25) is 4.79 Å². The van der Waals surface area contributed by atoms with Gasteiger partial charge in [-0.05, 0) is 54.5 Å². The summed E-state index contributed by atoms with van der Waals surface area (Å²) in [4.78, 5) is 12.8. The summed E-state index contributed by atoms with van der Waals surface area (Å²) in [5.41, 5.74) is 10.2. The van der Waals surface area contributed by atoms with Crippen molar-refractivity contribution in [2.45, 2.75) is 57.2 Å². The lowest BCUT2D eigenvalue weighted by atomic mass is 10.0. The lowest BCUT2D eigenvalue weighted by Gasteiger charge is -2.17. The third-order valence-corrected chi connectivity index (χ3v) is 5.72. The molecule has 0 bridgehead atoms. The van der Waals surface area contributed by atoms with Crippen molar-refractivity contribution >= 4 is 5.91 Å². The van der Waals surface area contributed by atoms with E-state index in [9.17, 15) is 4.79 Å². The fourth-order valence-electron chi connectivity index (χ4n) is 4.06. The van der Waals surface area contributed by atoms with E-state index in [-0.39, 0.29) is 24.0 Å². The van der Waals surface area contributed by atoms with E-state index in [1.54, 1.807) is 0 Å². The predicted molar refractivity (Wildman–Crippen MR) is 110 cm³/mol. The number of amides is 1. The number of nitrogens with one attached hydrogen (secondary N) is 3. The highest BCUT2D eigenvalue weighted by molar-refractivity contribution is 5.82.